The second-order valence-electron chi connectivity index (χ2n) is 19.5. The Morgan fingerprint density at radius 2 is 1.02 bits per heavy atom. The van der Waals surface area contributed by atoms with Crippen LogP contribution in [0.15, 0.2) is 0 Å². The van der Waals surface area contributed by atoms with Crippen molar-refractivity contribution in [2.45, 2.75) is 199 Å². The van der Waals surface area contributed by atoms with Gasteiger partial charge in [-0.2, -0.15) is 0 Å². The van der Waals surface area contributed by atoms with Crippen molar-refractivity contribution in [3.8, 4) is 0 Å². The fraction of sp³-hybridized carbons (Fsp3) is 0.975. The summed E-state index contributed by atoms with van der Waals surface area (Å²) in [5, 5.41) is 3.45. The van der Waals surface area contributed by atoms with Gasteiger partial charge in [0.05, 0.1) is 31.5 Å². The Kier molecular flexibility index (Phi) is 14.1. The van der Waals surface area contributed by atoms with E-state index < -0.39 is 22.0 Å². The third-order valence-corrected chi connectivity index (χ3v) is 16.2. The van der Waals surface area contributed by atoms with Crippen LogP contribution in [0.25, 0.3) is 0 Å². The van der Waals surface area contributed by atoms with E-state index in [0.29, 0.717) is 34.6 Å². The normalized spacial score (nSPS) is 33.9. The molecule has 1 saturated heterocycles. The molecule has 3 N–H and O–H groups in total. The lowest BCUT2D eigenvalue weighted by atomic mass is 9.70. The maximum atomic E-state index is 12.4. The molecule has 48 heavy (non-hydrogen) atoms. The Bertz CT molecular complexity index is 1030. The third-order valence-electron chi connectivity index (χ3n) is 13.0. The fourth-order valence-electron chi connectivity index (χ4n) is 10.5. The van der Waals surface area contributed by atoms with Gasteiger partial charge >= 0.3 is 0 Å². The Hall–Kier alpha value is -0.150. The first-order valence-corrected chi connectivity index (χ1v) is 22.3. The van der Waals surface area contributed by atoms with E-state index in [1.165, 1.54) is 109 Å². The molecule has 8 heteroatoms. The van der Waals surface area contributed by atoms with Crippen molar-refractivity contribution in [1.82, 2.24) is 14.8 Å². The lowest BCUT2D eigenvalue weighted by Crippen LogP contribution is -2.50. The number of hydrogen-bond donors (Lipinski definition) is 3. The standard InChI is InChI=1S/C15H29NOS.C14H28N2OS.C11H18O/c1-12-10-13(16-18(17)14(2,3)4)15(11-12)8-6-5-7-9-15;1-11-9-12(16-18(17)13(2,3)4)14(10-11)5-7-15-8-6-14;1-9-7-10(12)11(8-9)5-3-2-4-6-11/h12-13,16H,5-11H2,1-4H3;11-12,15-16H,5-10H2,1-4H3;9H,2-8H2,1H3/t12?,13-,18-;11?,12-,18-;/m11./s1. The zero-order valence-corrected chi connectivity index (χ0v) is 34.2. The molecular formula is C40H75N3O3S2. The largest absolute Gasteiger partial charge is 0.317 e. The molecule has 6 fully saturated rings. The minimum Gasteiger partial charge on any atom is -0.317 e. The van der Waals surface area contributed by atoms with Gasteiger partial charge in [0.25, 0.3) is 0 Å². The molecule has 5 aliphatic carbocycles. The van der Waals surface area contributed by atoms with E-state index in [9.17, 15) is 13.2 Å². The number of Topliss-reactive ketones (excluding diaryl/α,β-unsaturated/α-hetero) is 1. The molecule has 6 nitrogen and oxygen atoms in total. The lowest BCUT2D eigenvalue weighted by Gasteiger charge is -2.40. The van der Waals surface area contributed by atoms with Gasteiger partial charge < -0.3 is 5.32 Å². The highest BCUT2D eigenvalue weighted by molar-refractivity contribution is 7.84. The summed E-state index contributed by atoms with van der Waals surface area (Å²) in [5.41, 5.74) is 1.02. The maximum Gasteiger partial charge on any atom is 0.139 e. The van der Waals surface area contributed by atoms with E-state index in [-0.39, 0.29) is 14.9 Å². The van der Waals surface area contributed by atoms with Gasteiger partial charge in [0.2, 0.25) is 0 Å². The minimum atomic E-state index is -0.940. The average Bonchev–Trinajstić information content (AvgIpc) is 3.57. The van der Waals surface area contributed by atoms with Crippen molar-refractivity contribution in [2.24, 2.45) is 34.0 Å². The van der Waals surface area contributed by atoms with Crippen molar-refractivity contribution >= 4 is 27.8 Å². The maximum absolute atomic E-state index is 12.4. The number of nitrogens with one attached hydrogen (secondary N) is 3. The number of rotatable bonds is 4. The number of carbonyl (C=O) groups excluding carboxylic acids is 1. The summed E-state index contributed by atoms with van der Waals surface area (Å²) in [7, 11) is -1.86. The molecule has 0 aromatic heterocycles. The molecule has 7 atom stereocenters. The van der Waals surface area contributed by atoms with Gasteiger partial charge in [0.1, 0.15) is 5.78 Å². The molecular weight excluding hydrogens is 635 g/mol. The fourth-order valence-corrected chi connectivity index (χ4v) is 12.4. The monoisotopic (exact) mass is 710 g/mol. The Labute approximate surface area is 301 Å². The van der Waals surface area contributed by atoms with E-state index in [2.05, 4.69) is 56.3 Å². The predicted molar refractivity (Wildman–Crippen MR) is 205 cm³/mol. The van der Waals surface area contributed by atoms with Gasteiger partial charge in [-0.25, -0.2) is 17.9 Å². The Morgan fingerprint density at radius 1 is 0.604 bits per heavy atom. The van der Waals surface area contributed by atoms with Crippen molar-refractivity contribution in [3.63, 3.8) is 0 Å². The summed E-state index contributed by atoms with van der Waals surface area (Å²) in [6.07, 6.45) is 22.7. The summed E-state index contributed by atoms with van der Waals surface area (Å²) >= 11 is 0. The highest BCUT2D eigenvalue weighted by Crippen LogP contribution is 2.52. The van der Waals surface area contributed by atoms with Gasteiger partial charge in [-0.1, -0.05) is 59.3 Å². The molecule has 280 valence electrons. The molecule has 0 radical (unpaired) electrons. The third kappa shape index (κ3) is 10.3. The van der Waals surface area contributed by atoms with Crippen LogP contribution in [0.5, 0.6) is 0 Å². The SMILES string of the molecule is CC1CC(=O)C2(CCCCC2)C1.CC1C[C@@H](N[S@](=O)C(C)(C)C)C2(CCCCC2)C1.CC1C[C@@H](N[S@](=O)C(C)(C)C)C2(CCNCC2)C1. The second-order valence-corrected chi connectivity index (χ2v) is 23.5. The zero-order valence-electron chi connectivity index (χ0n) is 32.6. The smallest absolute Gasteiger partial charge is 0.139 e. The predicted octanol–water partition coefficient (Wildman–Crippen LogP) is 8.93. The van der Waals surface area contributed by atoms with Gasteiger partial charge in [-0.3, -0.25) is 4.79 Å². The van der Waals surface area contributed by atoms with Crippen LogP contribution in [-0.2, 0) is 26.8 Å². The van der Waals surface area contributed by atoms with Crippen LogP contribution in [0.4, 0.5) is 0 Å². The van der Waals surface area contributed by atoms with Crippen LogP contribution in [-0.4, -0.2) is 48.9 Å². The highest BCUT2D eigenvalue weighted by Gasteiger charge is 2.49. The summed E-state index contributed by atoms with van der Waals surface area (Å²) in [6, 6.07) is 0.919. The summed E-state index contributed by atoms with van der Waals surface area (Å²) in [6.45, 7) is 21.5. The van der Waals surface area contributed by atoms with E-state index >= 15 is 0 Å². The first kappa shape index (κ1) is 40.6. The van der Waals surface area contributed by atoms with E-state index in [1.807, 2.05) is 20.8 Å². The van der Waals surface area contributed by atoms with Crippen molar-refractivity contribution in [3.05, 3.63) is 0 Å². The van der Waals surface area contributed by atoms with Crippen LogP contribution < -0.4 is 14.8 Å². The van der Waals surface area contributed by atoms with Crippen LogP contribution in [0.1, 0.15) is 178 Å². The summed E-state index contributed by atoms with van der Waals surface area (Å²) in [4.78, 5) is 11.8. The van der Waals surface area contributed by atoms with Crippen LogP contribution in [0.2, 0.25) is 0 Å². The molecule has 0 aromatic carbocycles. The zero-order chi connectivity index (χ0) is 35.4. The molecule has 0 bridgehead atoms. The topological polar surface area (TPSA) is 87.3 Å². The molecule has 0 amide bonds. The summed E-state index contributed by atoms with van der Waals surface area (Å²) < 4.78 is 31.3. The van der Waals surface area contributed by atoms with Crippen molar-refractivity contribution < 1.29 is 13.2 Å². The first-order valence-electron chi connectivity index (χ1n) is 20.0. The van der Waals surface area contributed by atoms with Crippen LogP contribution >= 0.6 is 0 Å². The minimum absolute atomic E-state index is 0.151. The molecule has 3 spiro atoms. The van der Waals surface area contributed by atoms with Crippen LogP contribution in [0.3, 0.4) is 0 Å². The highest BCUT2D eigenvalue weighted by atomic mass is 32.2. The number of ketones is 1. The van der Waals surface area contributed by atoms with E-state index in [1.54, 1.807) is 0 Å². The van der Waals surface area contributed by atoms with Crippen LogP contribution in [0, 0.1) is 34.0 Å². The van der Waals surface area contributed by atoms with E-state index in [0.717, 1.165) is 31.3 Å². The van der Waals surface area contributed by atoms with Crippen molar-refractivity contribution in [1.29, 1.82) is 0 Å². The number of hydrogen-bond acceptors (Lipinski definition) is 4. The van der Waals surface area contributed by atoms with E-state index in [4.69, 9.17) is 0 Å². The summed E-state index contributed by atoms with van der Waals surface area (Å²) in [5.74, 6) is 2.79. The van der Waals surface area contributed by atoms with Gasteiger partial charge in [0.15, 0.2) is 0 Å². The molecule has 0 aromatic rings. The molecule has 5 saturated carbocycles. The quantitative estimate of drug-likeness (QED) is 0.272. The Balaban J connectivity index is 0.000000166. The number of carbonyl (C=O) groups is 1. The number of piperidine rings is 1. The molecule has 6 aliphatic rings. The van der Waals surface area contributed by atoms with Gasteiger partial charge in [-0.15, -0.1) is 0 Å². The molecule has 1 heterocycles. The van der Waals surface area contributed by atoms with Gasteiger partial charge in [-0.05, 0) is 154 Å². The molecule has 6 rings (SSSR count). The Morgan fingerprint density at radius 3 is 1.42 bits per heavy atom. The lowest BCUT2D eigenvalue weighted by molar-refractivity contribution is -0.127. The van der Waals surface area contributed by atoms with Crippen molar-refractivity contribution in [2.75, 3.05) is 13.1 Å². The first-order chi connectivity index (χ1) is 22.4. The molecule has 1 aliphatic heterocycles. The van der Waals surface area contributed by atoms with Gasteiger partial charge in [0, 0.05) is 23.9 Å². The second kappa shape index (κ2) is 16.7. The average molecular weight is 710 g/mol. The molecule has 3 unspecified atom stereocenters.